The van der Waals surface area contributed by atoms with Gasteiger partial charge in [-0.15, -0.1) is 0 Å². The van der Waals surface area contributed by atoms with Crippen molar-refractivity contribution >= 4 is 22.4 Å². The minimum absolute atomic E-state index is 0.0692. The predicted molar refractivity (Wildman–Crippen MR) is 68.6 cm³/mol. The van der Waals surface area contributed by atoms with Gasteiger partial charge >= 0.3 is 0 Å². The van der Waals surface area contributed by atoms with Crippen LogP contribution >= 0.6 is 0 Å². The first-order chi connectivity index (χ1) is 8.18. The molecular weight excluding hydrogens is 238 g/mol. The molecule has 1 fully saturated rings. The van der Waals surface area contributed by atoms with Crippen molar-refractivity contribution in [3.63, 3.8) is 0 Å². The highest BCUT2D eigenvalue weighted by Crippen LogP contribution is 2.21. The van der Waals surface area contributed by atoms with Crippen LogP contribution in [-0.2, 0) is 10.9 Å². The second-order valence-electron chi connectivity index (χ2n) is 4.07. The molecule has 17 heavy (non-hydrogen) atoms. The summed E-state index contributed by atoms with van der Waals surface area (Å²) in [5.41, 5.74) is 0.192. The van der Waals surface area contributed by atoms with Gasteiger partial charge in [-0.3, -0.25) is 14.9 Å². The zero-order chi connectivity index (χ0) is 12.3. The normalized spacial score (nSPS) is 16.0. The van der Waals surface area contributed by atoms with E-state index in [9.17, 15) is 14.9 Å². The maximum atomic E-state index is 12.0. The van der Waals surface area contributed by atoms with Gasteiger partial charge in [-0.2, -0.15) is 0 Å². The van der Waals surface area contributed by atoms with Gasteiger partial charge in [0.05, 0.1) is 4.92 Å². The Morgan fingerprint density at radius 1 is 1.29 bits per heavy atom. The van der Waals surface area contributed by atoms with Crippen LogP contribution in [0.25, 0.3) is 0 Å². The Morgan fingerprint density at radius 2 is 1.94 bits per heavy atom. The molecule has 1 saturated heterocycles. The molecule has 0 bridgehead atoms. The Morgan fingerprint density at radius 3 is 2.59 bits per heavy atom. The Hall–Kier alpha value is -1.36. The molecule has 0 radical (unpaired) electrons. The molecule has 90 valence electrons. The maximum absolute atomic E-state index is 12.0. The number of carbonyl (C=O) groups is 1. The number of rotatable bonds is 4. The number of para-hydroxylation sites is 1. The van der Waals surface area contributed by atoms with Crippen LogP contribution in [0.3, 0.4) is 0 Å². The highest BCUT2D eigenvalue weighted by atomic mass is 32.2. The van der Waals surface area contributed by atoms with Crippen LogP contribution in [0.4, 0.5) is 5.69 Å². The molecule has 0 saturated carbocycles. The first-order valence-electron chi connectivity index (χ1n) is 5.59. The highest BCUT2D eigenvalue weighted by molar-refractivity contribution is 7.97. The standard InChI is InChI=1S/C12H14NO3S/c14-12(9-17-7-3-4-8-17)10-5-1-2-6-11(10)13(15)16/h1-2,5-6H,3-4,7-9H2/q+1. The van der Waals surface area contributed by atoms with Gasteiger partial charge in [0, 0.05) is 6.07 Å². The summed E-state index contributed by atoms with van der Waals surface area (Å²) in [6.45, 7) is 0. The fraction of sp³-hybridized carbons (Fsp3) is 0.417. The number of hydrogen-bond donors (Lipinski definition) is 0. The van der Waals surface area contributed by atoms with Gasteiger partial charge in [0.25, 0.3) is 5.69 Å². The summed E-state index contributed by atoms with van der Waals surface area (Å²) < 4.78 is 0. The number of benzene rings is 1. The zero-order valence-electron chi connectivity index (χ0n) is 9.43. The van der Waals surface area contributed by atoms with Crippen LogP contribution in [0.15, 0.2) is 24.3 Å². The van der Waals surface area contributed by atoms with Crippen molar-refractivity contribution in [2.24, 2.45) is 0 Å². The van der Waals surface area contributed by atoms with Gasteiger partial charge < -0.3 is 0 Å². The van der Waals surface area contributed by atoms with E-state index >= 15 is 0 Å². The molecule has 1 heterocycles. The van der Waals surface area contributed by atoms with Crippen LogP contribution in [0.5, 0.6) is 0 Å². The molecule has 0 unspecified atom stereocenters. The van der Waals surface area contributed by atoms with E-state index < -0.39 is 4.92 Å². The number of Topliss-reactive ketones (excluding diaryl/α,β-unsaturated/α-hetero) is 1. The van der Waals surface area contributed by atoms with Gasteiger partial charge in [-0.25, -0.2) is 0 Å². The number of nitro benzene ring substituents is 1. The predicted octanol–water partition coefficient (Wildman–Crippen LogP) is 2.19. The second kappa shape index (κ2) is 5.31. The van der Waals surface area contributed by atoms with Crippen LogP contribution in [0.1, 0.15) is 23.2 Å². The summed E-state index contributed by atoms with van der Waals surface area (Å²) in [5.74, 6) is 2.60. The van der Waals surface area contributed by atoms with Gasteiger partial charge in [0.1, 0.15) is 17.1 Å². The lowest BCUT2D eigenvalue weighted by molar-refractivity contribution is -0.385. The third-order valence-corrected chi connectivity index (χ3v) is 5.25. The Bertz CT molecular complexity index is 441. The molecule has 5 heteroatoms. The molecule has 0 atom stereocenters. The lowest BCUT2D eigenvalue weighted by Gasteiger charge is -2.02. The highest BCUT2D eigenvalue weighted by Gasteiger charge is 2.30. The lowest BCUT2D eigenvalue weighted by atomic mass is 10.1. The molecule has 0 aliphatic carbocycles. The molecule has 0 spiro atoms. The van der Waals surface area contributed by atoms with Crippen LogP contribution in [-0.4, -0.2) is 28.0 Å². The summed E-state index contributed by atoms with van der Waals surface area (Å²) in [6.07, 6.45) is 2.38. The summed E-state index contributed by atoms with van der Waals surface area (Å²) in [4.78, 5) is 22.4. The van der Waals surface area contributed by atoms with E-state index in [2.05, 4.69) is 0 Å². The van der Waals surface area contributed by atoms with Gasteiger partial charge in [-0.1, -0.05) is 12.1 Å². The molecule has 4 nitrogen and oxygen atoms in total. The molecule has 1 aromatic rings. The van der Waals surface area contributed by atoms with Gasteiger partial charge in [0.2, 0.25) is 5.78 Å². The second-order valence-corrected chi connectivity index (χ2v) is 6.40. The van der Waals surface area contributed by atoms with Crippen molar-refractivity contribution in [3.8, 4) is 0 Å². The molecule has 0 amide bonds. The lowest BCUT2D eigenvalue weighted by Crippen LogP contribution is -2.18. The fourth-order valence-electron chi connectivity index (χ4n) is 1.99. The van der Waals surface area contributed by atoms with E-state index in [1.807, 2.05) is 0 Å². The number of nitro groups is 1. The van der Waals surface area contributed by atoms with Crippen molar-refractivity contribution in [2.45, 2.75) is 12.8 Å². The molecule has 1 aliphatic heterocycles. The van der Waals surface area contributed by atoms with Gasteiger partial charge in [-0.05, 0) is 29.8 Å². The largest absolute Gasteiger partial charge is 0.289 e. The Balaban J connectivity index is 2.15. The van der Waals surface area contributed by atoms with E-state index in [0.717, 1.165) is 11.5 Å². The number of ketones is 1. The average Bonchev–Trinajstić information content (AvgIpc) is 2.81. The first kappa shape index (κ1) is 12.1. The molecule has 2 rings (SSSR count). The third kappa shape index (κ3) is 2.85. The Labute approximate surface area is 103 Å². The summed E-state index contributed by atoms with van der Waals surface area (Å²) >= 11 is 0. The fourth-order valence-corrected chi connectivity index (χ4v) is 4.23. The summed E-state index contributed by atoms with van der Waals surface area (Å²) in [6, 6.07) is 6.22. The quantitative estimate of drug-likeness (QED) is 0.357. The van der Waals surface area contributed by atoms with Crippen molar-refractivity contribution < 1.29 is 9.72 Å². The smallest absolute Gasteiger partial charge is 0.280 e. The van der Waals surface area contributed by atoms with E-state index in [4.69, 9.17) is 0 Å². The first-order valence-corrected chi connectivity index (χ1v) is 7.32. The monoisotopic (exact) mass is 252 g/mol. The van der Waals surface area contributed by atoms with E-state index in [1.54, 1.807) is 18.2 Å². The van der Waals surface area contributed by atoms with Crippen molar-refractivity contribution in [1.29, 1.82) is 0 Å². The SMILES string of the molecule is O=C(C[S+]1CCCC1)c1ccccc1[N+](=O)[O-]. The van der Waals surface area contributed by atoms with Crippen molar-refractivity contribution in [1.82, 2.24) is 0 Å². The Kier molecular flexibility index (Phi) is 3.78. The number of hydrogen-bond acceptors (Lipinski definition) is 3. The van der Waals surface area contributed by atoms with E-state index in [1.165, 1.54) is 18.9 Å². The third-order valence-electron chi connectivity index (χ3n) is 2.85. The van der Waals surface area contributed by atoms with E-state index in [-0.39, 0.29) is 27.9 Å². The molecule has 0 N–H and O–H groups in total. The molecule has 1 aliphatic rings. The minimum atomic E-state index is -0.481. The van der Waals surface area contributed by atoms with Crippen molar-refractivity contribution in [2.75, 3.05) is 17.3 Å². The molecule has 1 aromatic carbocycles. The summed E-state index contributed by atoms with van der Waals surface area (Å²) in [5, 5.41) is 10.8. The molecular formula is C12H14NO3S+. The minimum Gasteiger partial charge on any atom is -0.289 e. The number of nitrogens with zero attached hydrogens (tertiary/aromatic N) is 1. The van der Waals surface area contributed by atoms with Gasteiger partial charge in [0.15, 0.2) is 5.75 Å². The maximum Gasteiger partial charge on any atom is 0.280 e. The van der Waals surface area contributed by atoms with Crippen LogP contribution < -0.4 is 0 Å². The van der Waals surface area contributed by atoms with Crippen LogP contribution in [0.2, 0.25) is 0 Å². The topological polar surface area (TPSA) is 60.2 Å². The zero-order valence-corrected chi connectivity index (χ0v) is 10.2. The van der Waals surface area contributed by atoms with Crippen molar-refractivity contribution in [3.05, 3.63) is 39.9 Å². The average molecular weight is 252 g/mol. The number of carbonyl (C=O) groups excluding carboxylic acids is 1. The summed E-state index contributed by atoms with van der Waals surface area (Å²) in [7, 11) is 0.148. The molecule has 0 aromatic heterocycles. The van der Waals surface area contributed by atoms with E-state index in [0.29, 0.717) is 5.75 Å². The van der Waals surface area contributed by atoms with Crippen LogP contribution in [0, 0.1) is 10.1 Å².